The Bertz CT molecular complexity index is 935. The summed E-state index contributed by atoms with van der Waals surface area (Å²) in [6, 6.07) is 18.7. The van der Waals surface area contributed by atoms with Crippen LogP contribution in [0, 0.1) is 0 Å². The standard InChI is InChI=1S/C27H34N2O6.2ClH.Pd/c1-5-30-26(31-6-2)24(20-15-11-9-12-16-20)28-22(34-26)19-23-29-25(21-17-13-10-14-18-21)27(35-23,32-7-3)33-8-4;;;/h9-18,24-25H,5-8,19H2,1-4H3;2*1H;/q;;;+2/p-2/t24-,25-;;;/m1.../s1. The second kappa shape index (κ2) is 15.9. The molecule has 2 atom stereocenters. The molecule has 212 valence electrons. The van der Waals surface area contributed by atoms with E-state index < -0.39 is 24.0 Å². The maximum atomic E-state index is 6.25. The van der Waals surface area contributed by atoms with Gasteiger partial charge in [0.2, 0.25) is 0 Å². The fourth-order valence-electron chi connectivity index (χ4n) is 4.38. The fraction of sp³-hybridized carbons (Fsp3) is 0.481. The van der Waals surface area contributed by atoms with Crippen molar-refractivity contribution in [1.82, 2.24) is 0 Å². The summed E-state index contributed by atoms with van der Waals surface area (Å²) in [5, 5.41) is 0. The van der Waals surface area contributed by atoms with Gasteiger partial charge in [-0.05, 0) is 38.8 Å². The molecule has 0 bridgehead atoms. The summed E-state index contributed by atoms with van der Waals surface area (Å²) in [4.78, 5) is 9.70. The first-order valence-corrected chi connectivity index (χ1v) is 12.3. The van der Waals surface area contributed by atoms with E-state index in [-0.39, 0.29) is 51.7 Å². The molecule has 0 spiro atoms. The topological polar surface area (TPSA) is 80.1 Å². The van der Waals surface area contributed by atoms with Crippen molar-refractivity contribution in [3.05, 3.63) is 71.8 Å². The monoisotopic (exact) mass is 658 g/mol. The van der Waals surface area contributed by atoms with Gasteiger partial charge < -0.3 is 53.2 Å². The molecule has 4 rings (SSSR count). The van der Waals surface area contributed by atoms with E-state index in [1.807, 2.05) is 88.4 Å². The maximum absolute atomic E-state index is 6.25. The molecule has 2 aliphatic rings. The first kappa shape index (κ1) is 34.5. The number of nitrogens with zero attached hydrogens (tertiary/aromatic N) is 2. The van der Waals surface area contributed by atoms with E-state index in [1.165, 1.54) is 0 Å². The van der Waals surface area contributed by atoms with Crippen molar-refractivity contribution in [2.24, 2.45) is 9.98 Å². The molecule has 0 N–H and O–H groups in total. The molecule has 38 heavy (non-hydrogen) atoms. The molecular weight excluding hydrogens is 626 g/mol. The van der Waals surface area contributed by atoms with Crippen LogP contribution >= 0.6 is 0 Å². The minimum atomic E-state index is -1.35. The molecule has 0 aliphatic carbocycles. The van der Waals surface area contributed by atoms with Crippen LogP contribution < -0.4 is 24.8 Å². The zero-order valence-corrected chi connectivity index (χ0v) is 24.9. The Labute approximate surface area is 251 Å². The van der Waals surface area contributed by atoms with Crippen molar-refractivity contribution >= 4 is 11.8 Å². The average Bonchev–Trinajstić information content (AvgIpc) is 3.39. The molecule has 2 aromatic rings. The van der Waals surface area contributed by atoms with Crippen molar-refractivity contribution < 1.29 is 73.7 Å². The van der Waals surface area contributed by atoms with Crippen molar-refractivity contribution in [2.75, 3.05) is 26.4 Å². The van der Waals surface area contributed by atoms with Crippen LogP contribution in [0.5, 0.6) is 0 Å². The van der Waals surface area contributed by atoms with Crippen molar-refractivity contribution in [1.29, 1.82) is 0 Å². The number of halogens is 2. The van der Waals surface area contributed by atoms with Crippen molar-refractivity contribution in [3.8, 4) is 0 Å². The zero-order valence-electron chi connectivity index (χ0n) is 21.9. The number of hydrogen-bond donors (Lipinski definition) is 0. The van der Waals surface area contributed by atoms with Gasteiger partial charge in [-0.15, -0.1) is 0 Å². The van der Waals surface area contributed by atoms with E-state index in [4.69, 9.17) is 38.4 Å². The minimum Gasteiger partial charge on any atom is -1.00 e. The molecule has 11 heteroatoms. The van der Waals surface area contributed by atoms with Crippen LogP contribution in [0.15, 0.2) is 70.6 Å². The van der Waals surface area contributed by atoms with Crippen LogP contribution in [0.25, 0.3) is 0 Å². The first-order chi connectivity index (χ1) is 17.1. The van der Waals surface area contributed by atoms with E-state index in [1.54, 1.807) is 0 Å². The van der Waals surface area contributed by atoms with E-state index in [9.17, 15) is 0 Å². The van der Waals surface area contributed by atoms with Gasteiger partial charge in [0, 0.05) is 0 Å². The summed E-state index contributed by atoms with van der Waals surface area (Å²) < 4.78 is 36.6. The third kappa shape index (κ3) is 7.35. The largest absolute Gasteiger partial charge is 2.00 e. The predicted molar refractivity (Wildman–Crippen MR) is 132 cm³/mol. The molecule has 2 heterocycles. The van der Waals surface area contributed by atoms with Gasteiger partial charge in [-0.25, -0.2) is 9.98 Å². The molecule has 8 nitrogen and oxygen atoms in total. The Kier molecular flexibility index (Phi) is 14.4. The Morgan fingerprint density at radius 3 is 1.21 bits per heavy atom. The second-order valence-electron chi connectivity index (χ2n) is 7.99. The number of aliphatic imine (C=N–C) groups is 2. The number of rotatable bonds is 12. The van der Waals surface area contributed by atoms with Gasteiger partial charge in [0.05, 0.1) is 32.8 Å². The number of ether oxygens (including phenoxy) is 6. The second-order valence-corrected chi connectivity index (χ2v) is 7.99. The van der Waals surface area contributed by atoms with Gasteiger partial charge in [0.25, 0.3) is 0 Å². The smallest absolute Gasteiger partial charge is 1.00 e. The van der Waals surface area contributed by atoms with Gasteiger partial charge in [0.15, 0.2) is 23.9 Å². The summed E-state index contributed by atoms with van der Waals surface area (Å²) in [6.07, 6.45) is 0.205. The third-order valence-electron chi connectivity index (χ3n) is 5.65. The fourth-order valence-corrected chi connectivity index (χ4v) is 4.38. The zero-order chi connectivity index (χ0) is 24.7. The van der Waals surface area contributed by atoms with Crippen LogP contribution in [-0.4, -0.2) is 50.2 Å². The molecule has 2 aliphatic heterocycles. The Hall–Kier alpha value is -1.54. The van der Waals surface area contributed by atoms with Gasteiger partial charge >= 0.3 is 32.4 Å². The van der Waals surface area contributed by atoms with E-state index >= 15 is 0 Å². The normalized spacial score (nSPS) is 20.5. The van der Waals surface area contributed by atoms with E-state index in [0.29, 0.717) is 38.2 Å². The molecular formula is C27H34Cl2N2O6Pd. The minimum absolute atomic E-state index is 0. The van der Waals surface area contributed by atoms with Gasteiger partial charge in [-0.3, -0.25) is 0 Å². The molecule has 0 unspecified atom stereocenters. The molecule has 0 radical (unpaired) electrons. The summed E-state index contributed by atoms with van der Waals surface area (Å²) in [5.74, 6) is -1.88. The van der Waals surface area contributed by atoms with Crippen LogP contribution in [0.3, 0.4) is 0 Å². The summed E-state index contributed by atoms with van der Waals surface area (Å²) in [5.41, 5.74) is 1.86. The van der Waals surface area contributed by atoms with Crippen LogP contribution in [0.4, 0.5) is 0 Å². The predicted octanol–water partition coefficient (Wildman–Crippen LogP) is -0.824. The van der Waals surface area contributed by atoms with E-state index in [0.717, 1.165) is 11.1 Å². The van der Waals surface area contributed by atoms with E-state index in [2.05, 4.69) is 0 Å². The molecule has 0 saturated carbocycles. The van der Waals surface area contributed by atoms with Crippen molar-refractivity contribution in [3.63, 3.8) is 0 Å². The molecule has 2 aromatic carbocycles. The maximum Gasteiger partial charge on any atom is 2.00 e. The molecule has 0 amide bonds. The summed E-state index contributed by atoms with van der Waals surface area (Å²) in [6.45, 7) is 9.20. The Balaban J connectivity index is 0.00000241. The Morgan fingerprint density at radius 2 is 0.921 bits per heavy atom. The van der Waals surface area contributed by atoms with Crippen LogP contribution in [0.1, 0.15) is 57.3 Å². The third-order valence-corrected chi connectivity index (χ3v) is 5.65. The van der Waals surface area contributed by atoms with Crippen LogP contribution in [-0.2, 0) is 48.8 Å². The Morgan fingerprint density at radius 1 is 0.605 bits per heavy atom. The summed E-state index contributed by atoms with van der Waals surface area (Å²) in [7, 11) is 0. The van der Waals surface area contributed by atoms with Crippen molar-refractivity contribution in [2.45, 2.75) is 58.1 Å². The molecule has 0 aromatic heterocycles. The molecule has 0 fully saturated rings. The van der Waals surface area contributed by atoms with Crippen LogP contribution in [0.2, 0.25) is 0 Å². The first-order valence-electron chi connectivity index (χ1n) is 12.3. The van der Waals surface area contributed by atoms with Gasteiger partial charge in [-0.2, -0.15) is 0 Å². The number of hydrogen-bond acceptors (Lipinski definition) is 8. The average molecular weight is 660 g/mol. The molecule has 0 saturated heterocycles. The summed E-state index contributed by atoms with van der Waals surface area (Å²) >= 11 is 0. The quantitative estimate of drug-likeness (QED) is 0.219. The number of benzene rings is 2. The SMILES string of the molecule is CCOC1(OCC)OC(CC2=N[C@H](c3ccccc3)C(OCC)(OCC)O2)=N[C@@H]1c1ccccc1.[Cl-].[Cl-].[Pd+2]. The van der Waals surface area contributed by atoms with Gasteiger partial charge in [0.1, 0.15) is 0 Å². The van der Waals surface area contributed by atoms with Gasteiger partial charge in [-0.1, -0.05) is 60.7 Å².